The SMILES string of the molecule is CCO/N=C/c1cc(OC)c(OCCCCCN2CCN(c3ccncc3)C2=O)c([N+](=O)[O-])c1. The highest BCUT2D eigenvalue weighted by atomic mass is 16.6. The number of carbonyl (C=O) groups is 1. The standard InChI is InChI=1S/C23H29N5O6/c1-3-34-25-17-18-15-20(28(30)31)22(21(16-18)32-2)33-14-6-4-5-11-26-12-13-27(23(26)29)19-7-9-24-10-8-19/h7-10,15-17H,3-6,11-14H2,1-2H3/b25-17+. The number of nitrogens with zero attached hydrogens (tertiary/aromatic N) is 5. The Labute approximate surface area is 198 Å². The van der Waals surface area contributed by atoms with E-state index in [1.807, 2.05) is 17.0 Å². The fourth-order valence-electron chi connectivity index (χ4n) is 3.60. The summed E-state index contributed by atoms with van der Waals surface area (Å²) in [7, 11) is 1.43. The van der Waals surface area contributed by atoms with Crippen LogP contribution in [0.2, 0.25) is 0 Å². The second-order valence-electron chi connectivity index (χ2n) is 7.52. The Morgan fingerprint density at radius 1 is 1.21 bits per heavy atom. The number of oxime groups is 1. The Balaban J connectivity index is 1.48. The minimum Gasteiger partial charge on any atom is -0.493 e. The molecule has 0 bridgehead atoms. The lowest BCUT2D eigenvalue weighted by Crippen LogP contribution is -2.32. The van der Waals surface area contributed by atoms with Crippen LogP contribution in [0, 0.1) is 10.1 Å². The van der Waals surface area contributed by atoms with E-state index >= 15 is 0 Å². The van der Waals surface area contributed by atoms with Gasteiger partial charge in [-0.2, -0.15) is 0 Å². The fourth-order valence-corrected chi connectivity index (χ4v) is 3.60. The number of urea groups is 1. The summed E-state index contributed by atoms with van der Waals surface area (Å²) in [6, 6.07) is 6.62. The maximum Gasteiger partial charge on any atom is 0.324 e. The maximum atomic E-state index is 12.6. The van der Waals surface area contributed by atoms with Crippen molar-refractivity contribution in [2.45, 2.75) is 26.2 Å². The third-order valence-electron chi connectivity index (χ3n) is 5.27. The maximum absolute atomic E-state index is 12.6. The molecule has 2 amide bonds. The van der Waals surface area contributed by atoms with E-state index in [2.05, 4.69) is 10.1 Å². The molecule has 0 radical (unpaired) electrons. The van der Waals surface area contributed by atoms with Gasteiger partial charge in [0.25, 0.3) is 0 Å². The van der Waals surface area contributed by atoms with Crippen LogP contribution in [0.5, 0.6) is 11.5 Å². The number of rotatable bonds is 13. The molecule has 0 saturated carbocycles. The summed E-state index contributed by atoms with van der Waals surface area (Å²) in [5.74, 6) is 0.342. The van der Waals surface area contributed by atoms with Crippen molar-refractivity contribution in [1.29, 1.82) is 0 Å². The zero-order valence-corrected chi connectivity index (χ0v) is 19.4. The summed E-state index contributed by atoms with van der Waals surface area (Å²) in [6.45, 7) is 4.46. The van der Waals surface area contributed by atoms with Crippen LogP contribution in [0.3, 0.4) is 0 Å². The van der Waals surface area contributed by atoms with Crippen molar-refractivity contribution in [2.75, 3.05) is 44.9 Å². The van der Waals surface area contributed by atoms with Crippen molar-refractivity contribution in [2.24, 2.45) is 5.16 Å². The molecule has 182 valence electrons. The van der Waals surface area contributed by atoms with Gasteiger partial charge in [-0.05, 0) is 44.4 Å². The largest absolute Gasteiger partial charge is 0.493 e. The fraction of sp³-hybridized carbons (Fsp3) is 0.435. The summed E-state index contributed by atoms with van der Waals surface area (Å²) in [6.07, 6.45) is 7.04. The molecule has 0 N–H and O–H groups in total. The number of hydrogen-bond acceptors (Lipinski definition) is 8. The first-order valence-corrected chi connectivity index (χ1v) is 11.2. The van der Waals surface area contributed by atoms with Crippen molar-refractivity contribution in [3.8, 4) is 11.5 Å². The van der Waals surface area contributed by atoms with Crippen LogP contribution in [0.4, 0.5) is 16.2 Å². The molecule has 0 atom stereocenters. The van der Waals surface area contributed by atoms with Gasteiger partial charge < -0.3 is 19.2 Å². The summed E-state index contributed by atoms with van der Waals surface area (Å²) >= 11 is 0. The number of benzene rings is 1. The molecule has 2 aromatic rings. The van der Waals surface area contributed by atoms with E-state index in [-0.39, 0.29) is 23.2 Å². The highest BCUT2D eigenvalue weighted by Gasteiger charge is 2.29. The first-order chi connectivity index (χ1) is 16.5. The molecule has 11 nitrogen and oxygen atoms in total. The molecule has 0 unspecified atom stereocenters. The van der Waals surface area contributed by atoms with Gasteiger partial charge in [0.15, 0.2) is 5.75 Å². The lowest BCUT2D eigenvalue weighted by molar-refractivity contribution is -0.386. The minimum absolute atomic E-state index is 0.00391. The normalized spacial score (nSPS) is 13.5. The number of ether oxygens (including phenoxy) is 2. The molecule has 0 aliphatic carbocycles. The van der Waals surface area contributed by atoms with Crippen LogP contribution >= 0.6 is 0 Å². The number of pyridine rings is 1. The van der Waals surface area contributed by atoms with E-state index in [1.54, 1.807) is 30.3 Å². The Morgan fingerprint density at radius 2 is 2.00 bits per heavy atom. The third kappa shape index (κ3) is 6.33. The quantitative estimate of drug-likeness (QED) is 0.188. The number of nitro groups is 1. The van der Waals surface area contributed by atoms with Gasteiger partial charge in [0.1, 0.15) is 6.61 Å². The van der Waals surface area contributed by atoms with Crippen molar-refractivity contribution in [3.63, 3.8) is 0 Å². The van der Waals surface area contributed by atoms with Crippen molar-refractivity contribution in [3.05, 3.63) is 52.3 Å². The predicted octanol–water partition coefficient (Wildman–Crippen LogP) is 3.86. The molecule has 1 fully saturated rings. The van der Waals surface area contributed by atoms with Gasteiger partial charge >= 0.3 is 11.7 Å². The first kappa shape index (κ1) is 24.7. The third-order valence-corrected chi connectivity index (χ3v) is 5.27. The molecular formula is C23H29N5O6. The van der Waals surface area contributed by atoms with Gasteiger partial charge in [-0.15, -0.1) is 0 Å². The Hall–Kier alpha value is -3.89. The number of unbranched alkanes of at least 4 members (excludes halogenated alkanes) is 2. The molecular weight excluding hydrogens is 442 g/mol. The zero-order valence-electron chi connectivity index (χ0n) is 19.4. The van der Waals surface area contributed by atoms with E-state index in [4.69, 9.17) is 14.3 Å². The van der Waals surface area contributed by atoms with Gasteiger partial charge in [-0.3, -0.25) is 20.0 Å². The Morgan fingerprint density at radius 3 is 2.71 bits per heavy atom. The van der Waals surface area contributed by atoms with Crippen molar-refractivity contribution >= 4 is 23.6 Å². The van der Waals surface area contributed by atoms with Crippen molar-refractivity contribution < 1.29 is 24.0 Å². The van der Waals surface area contributed by atoms with Crippen LogP contribution < -0.4 is 14.4 Å². The molecule has 1 aliphatic rings. The van der Waals surface area contributed by atoms with Crippen LogP contribution in [0.25, 0.3) is 0 Å². The summed E-state index contributed by atoms with van der Waals surface area (Å²) < 4.78 is 11.0. The molecule has 11 heteroatoms. The van der Waals surface area contributed by atoms with Gasteiger partial charge in [0.05, 0.1) is 24.9 Å². The van der Waals surface area contributed by atoms with Gasteiger partial charge in [-0.25, -0.2) is 4.79 Å². The monoisotopic (exact) mass is 471 g/mol. The second kappa shape index (κ2) is 12.4. The number of aromatic nitrogens is 1. The minimum atomic E-state index is -0.511. The summed E-state index contributed by atoms with van der Waals surface area (Å²) in [5.41, 5.74) is 1.12. The topological polar surface area (TPSA) is 120 Å². The number of anilines is 1. The number of nitro benzene ring substituents is 1. The first-order valence-electron chi connectivity index (χ1n) is 11.2. The van der Waals surface area contributed by atoms with E-state index in [0.29, 0.717) is 44.8 Å². The molecule has 1 aromatic heterocycles. The second-order valence-corrected chi connectivity index (χ2v) is 7.52. The van der Waals surface area contributed by atoms with Gasteiger partial charge in [0, 0.05) is 49.3 Å². The number of amides is 2. The number of methoxy groups -OCH3 is 1. The van der Waals surface area contributed by atoms with E-state index < -0.39 is 4.92 Å². The molecule has 0 spiro atoms. The molecule has 1 aliphatic heterocycles. The average Bonchev–Trinajstić information content (AvgIpc) is 3.22. The van der Waals surface area contributed by atoms with Crippen LogP contribution in [0.15, 0.2) is 41.8 Å². The van der Waals surface area contributed by atoms with Gasteiger partial charge in [0.2, 0.25) is 5.75 Å². The lowest BCUT2D eigenvalue weighted by atomic mass is 10.2. The Bertz CT molecular complexity index is 1000. The molecule has 3 rings (SSSR count). The highest BCUT2D eigenvalue weighted by molar-refractivity contribution is 5.94. The van der Waals surface area contributed by atoms with E-state index in [1.165, 1.54) is 19.4 Å². The Kier molecular flexibility index (Phi) is 9.01. The van der Waals surface area contributed by atoms with Crippen LogP contribution in [0.1, 0.15) is 31.7 Å². The number of hydrogen-bond donors (Lipinski definition) is 0. The number of carbonyl (C=O) groups excluding carboxylic acids is 1. The van der Waals surface area contributed by atoms with Gasteiger partial charge in [-0.1, -0.05) is 5.16 Å². The van der Waals surface area contributed by atoms with Crippen LogP contribution in [-0.2, 0) is 4.84 Å². The molecule has 1 saturated heterocycles. The lowest BCUT2D eigenvalue weighted by Gasteiger charge is -2.18. The molecule has 1 aromatic carbocycles. The zero-order chi connectivity index (χ0) is 24.3. The van der Waals surface area contributed by atoms with Crippen LogP contribution in [-0.4, -0.2) is 67.0 Å². The summed E-state index contributed by atoms with van der Waals surface area (Å²) in [5, 5.41) is 15.3. The summed E-state index contributed by atoms with van der Waals surface area (Å²) in [4.78, 5) is 36.1. The predicted molar refractivity (Wildman–Crippen MR) is 127 cm³/mol. The molecule has 34 heavy (non-hydrogen) atoms. The van der Waals surface area contributed by atoms with E-state index in [0.717, 1.165) is 18.5 Å². The molecule has 2 heterocycles. The van der Waals surface area contributed by atoms with E-state index in [9.17, 15) is 14.9 Å². The highest BCUT2D eigenvalue weighted by Crippen LogP contribution is 2.38. The average molecular weight is 472 g/mol. The van der Waals surface area contributed by atoms with Crippen molar-refractivity contribution in [1.82, 2.24) is 9.88 Å². The smallest absolute Gasteiger partial charge is 0.324 e.